The maximum atomic E-state index is 12.6. The smallest absolute Gasteiger partial charge is 0.410 e. The molecule has 2 aliphatic rings. The summed E-state index contributed by atoms with van der Waals surface area (Å²) >= 11 is 0. The molecule has 2 fully saturated rings. The van der Waals surface area contributed by atoms with E-state index in [1.54, 1.807) is 6.08 Å². The molecular formula is C19H32N4O4. The van der Waals surface area contributed by atoms with E-state index >= 15 is 0 Å². The first-order valence-corrected chi connectivity index (χ1v) is 9.57. The summed E-state index contributed by atoms with van der Waals surface area (Å²) < 4.78 is 5.36. The minimum atomic E-state index is -0.576. The van der Waals surface area contributed by atoms with Crippen molar-refractivity contribution in [3.63, 3.8) is 0 Å². The summed E-state index contributed by atoms with van der Waals surface area (Å²) in [7, 11) is 0. The third-order valence-corrected chi connectivity index (χ3v) is 4.64. The molecule has 152 valence electrons. The molecule has 0 unspecified atom stereocenters. The molecule has 2 heterocycles. The van der Waals surface area contributed by atoms with Crippen LogP contribution in [0.3, 0.4) is 0 Å². The van der Waals surface area contributed by atoms with E-state index in [0.29, 0.717) is 32.7 Å². The number of piperidine rings is 1. The lowest BCUT2D eigenvalue weighted by Crippen LogP contribution is -2.59. The summed E-state index contributed by atoms with van der Waals surface area (Å²) in [5.41, 5.74) is -0.576. The van der Waals surface area contributed by atoms with Gasteiger partial charge in [-0.1, -0.05) is 6.08 Å². The number of carbonyl (C=O) groups is 3. The standard InChI is InChI=1S/C19H32N4O4/c1-5-8-20-16(24)13-21-9-6-7-15(12-21)23-11-10-22(14-17(23)25)18(26)27-19(2,3)4/h5,15H,1,6-14H2,2-4H3,(H,20,24)/t15-/m0/s1. The zero-order chi connectivity index (χ0) is 20.0. The van der Waals surface area contributed by atoms with Crippen molar-refractivity contribution < 1.29 is 19.1 Å². The van der Waals surface area contributed by atoms with Crippen molar-refractivity contribution in [3.8, 4) is 0 Å². The first kappa shape index (κ1) is 21.2. The lowest BCUT2D eigenvalue weighted by atomic mass is 10.0. The average Bonchev–Trinajstić information content (AvgIpc) is 2.58. The third-order valence-electron chi connectivity index (χ3n) is 4.64. The highest BCUT2D eigenvalue weighted by Crippen LogP contribution is 2.19. The molecule has 2 rings (SSSR count). The van der Waals surface area contributed by atoms with Crippen LogP contribution in [0.15, 0.2) is 12.7 Å². The minimum absolute atomic E-state index is 0.0309. The molecule has 1 N–H and O–H groups in total. The number of ether oxygens (including phenoxy) is 1. The molecule has 1 atom stereocenters. The summed E-state index contributed by atoms with van der Waals surface area (Å²) in [5.74, 6) is -0.0910. The topological polar surface area (TPSA) is 82.2 Å². The lowest BCUT2D eigenvalue weighted by molar-refractivity contribution is -0.140. The van der Waals surface area contributed by atoms with Gasteiger partial charge < -0.3 is 15.0 Å². The van der Waals surface area contributed by atoms with Gasteiger partial charge in [0, 0.05) is 32.2 Å². The van der Waals surface area contributed by atoms with Crippen LogP contribution in [-0.4, -0.2) is 90.1 Å². The fourth-order valence-corrected chi connectivity index (χ4v) is 3.43. The number of rotatable bonds is 5. The van der Waals surface area contributed by atoms with E-state index in [4.69, 9.17) is 4.74 Å². The molecule has 0 aromatic heterocycles. The van der Waals surface area contributed by atoms with Gasteiger partial charge in [0.1, 0.15) is 12.1 Å². The van der Waals surface area contributed by atoms with Gasteiger partial charge in [-0.05, 0) is 40.2 Å². The second-order valence-electron chi connectivity index (χ2n) is 8.11. The van der Waals surface area contributed by atoms with Crippen LogP contribution < -0.4 is 5.32 Å². The van der Waals surface area contributed by atoms with Crippen molar-refractivity contribution in [3.05, 3.63) is 12.7 Å². The Morgan fingerprint density at radius 2 is 2.04 bits per heavy atom. The Kier molecular flexibility index (Phi) is 7.24. The molecule has 0 saturated carbocycles. The molecule has 0 aromatic rings. The van der Waals surface area contributed by atoms with Crippen LogP contribution in [0.1, 0.15) is 33.6 Å². The Bertz CT molecular complexity index is 573. The van der Waals surface area contributed by atoms with Gasteiger partial charge in [-0.2, -0.15) is 0 Å². The van der Waals surface area contributed by atoms with E-state index in [1.165, 1.54) is 4.90 Å². The van der Waals surface area contributed by atoms with Crippen LogP contribution in [-0.2, 0) is 14.3 Å². The molecule has 0 aliphatic carbocycles. The molecule has 8 heteroatoms. The Balaban J connectivity index is 1.86. The predicted molar refractivity (Wildman–Crippen MR) is 102 cm³/mol. The summed E-state index contributed by atoms with van der Waals surface area (Å²) in [6, 6.07) is 0.0826. The Labute approximate surface area is 161 Å². The van der Waals surface area contributed by atoms with Crippen molar-refractivity contribution in [1.29, 1.82) is 0 Å². The molecule has 2 saturated heterocycles. The molecule has 0 radical (unpaired) electrons. The van der Waals surface area contributed by atoms with E-state index in [1.807, 2.05) is 25.7 Å². The number of nitrogens with zero attached hydrogens (tertiary/aromatic N) is 3. The highest BCUT2D eigenvalue weighted by Gasteiger charge is 2.35. The SMILES string of the molecule is C=CCNC(=O)CN1CCC[C@H](N2CCN(C(=O)OC(C)(C)C)CC2=O)C1. The zero-order valence-electron chi connectivity index (χ0n) is 16.7. The predicted octanol–water partition coefficient (Wildman–Crippen LogP) is 0.832. The largest absolute Gasteiger partial charge is 0.444 e. The molecule has 0 aromatic carbocycles. The number of nitrogens with one attached hydrogen (secondary N) is 1. The van der Waals surface area contributed by atoms with Gasteiger partial charge >= 0.3 is 6.09 Å². The van der Waals surface area contributed by atoms with Crippen molar-refractivity contribution in [2.24, 2.45) is 0 Å². The fourth-order valence-electron chi connectivity index (χ4n) is 3.43. The number of piperazine rings is 1. The quantitative estimate of drug-likeness (QED) is 0.715. The summed E-state index contributed by atoms with van der Waals surface area (Å²) in [4.78, 5) is 42.1. The van der Waals surface area contributed by atoms with Gasteiger partial charge in [-0.25, -0.2) is 4.79 Å². The van der Waals surface area contributed by atoms with Crippen LogP contribution >= 0.6 is 0 Å². The highest BCUT2D eigenvalue weighted by molar-refractivity contribution is 5.84. The Morgan fingerprint density at radius 1 is 1.30 bits per heavy atom. The number of amides is 3. The highest BCUT2D eigenvalue weighted by atomic mass is 16.6. The minimum Gasteiger partial charge on any atom is -0.444 e. The summed E-state index contributed by atoms with van der Waals surface area (Å²) in [6.07, 6.45) is 3.07. The van der Waals surface area contributed by atoms with E-state index in [0.717, 1.165) is 19.4 Å². The fraction of sp³-hybridized carbons (Fsp3) is 0.737. The van der Waals surface area contributed by atoms with Gasteiger partial charge in [0.05, 0.1) is 6.54 Å². The summed E-state index contributed by atoms with van der Waals surface area (Å²) in [5, 5.41) is 2.78. The molecule has 8 nitrogen and oxygen atoms in total. The van der Waals surface area contributed by atoms with Crippen LogP contribution in [0.2, 0.25) is 0 Å². The van der Waals surface area contributed by atoms with Gasteiger partial charge in [0.25, 0.3) is 0 Å². The first-order chi connectivity index (χ1) is 12.7. The van der Waals surface area contributed by atoms with Gasteiger partial charge in [0.2, 0.25) is 11.8 Å². The van der Waals surface area contributed by atoms with Crippen molar-refractivity contribution in [2.75, 3.05) is 45.8 Å². The number of carbonyl (C=O) groups excluding carboxylic acids is 3. The van der Waals surface area contributed by atoms with Crippen LogP contribution in [0, 0.1) is 0 Å². The Hall–Kier alpha value is -2.09. The lowest BCUT2D eigenvalue weighted by Gasteiger charge is -2.43. The van der Waals surface area contributed by atoms with Crippen LogP contribution in [0.25, 0.3) is 0 Å². The average molecular weight is 380 g/mol. The van der Waals surface area contributed by atoms with Crippen molar-refractivity contribution in [2.45, 2.75) is 45.3 Å². The number of hydrogen-bond donors (Lipinski definition) is 1. The molecule has 2 aliphatic heterocycles. The van der Waals surface area contributed by atoms with Crippen molar-refractivity contribution in [1.82, 2.24) is 20.0 Å². The van der Waals surface area contributed by atoms with E-state index in [2.05, 4.69) is 16.8 Å². The van der Waals surface area contributed by atoms with E-state index in [-0.39, 0.29) is 24.4 Å². The molecule has 3 amide bonds. The Morgan fingerprint density at radius 3 is 2.67 bits per heavy atom. The molecule has 0 bridgehead atoms. The first-order valence-electron chi connectivity index (χ1n) is 9.57. The molecule has 0 spiro atoms. The number of hydrogen-bond acceptors (Lipinski definition) is 5. The second kappa shape index (κ2) is 9.21. The van der Waals surface area contributed by atoms with Gasteiger partial charge in [-0.3, -0.25) is 19.4 Å². The van der Waals surface area contributed by atoms with Gasteiger partial charge in [0.15, 0.2) is 0 Å². The van der Waals surface area contributed by atoms with Gasteiger partial charge in [-0.15, -0.1) is 6.58 Å². The number of likely N-dealkylation sites (tertiary alicyclic amines) is 1. The molecule has 27 heavy (non-hydrogen) atoms. The summed E-state index contributed by atoms with van der Waals surface area (Å²) in [6.45, 7) is 12.4. The second-order valence-corrected chi connectivity index (χ2v) is 8.11. The third kappa shape index (κ3) is 6.53. The maximum absolute atomic E-state index is 12.6. The monoisotopic (exact) mass is 380 g/mol. The van der Waals surface area contributed by atoms with E-state index in [9.17, 15) is 14.4 Å². The van der Waals surface area contributed by atoms with Crippen LogP contribution in [0.4, 0.5) is 4.79 Å². The normalized spacial score (nSPS) is 21.7. The zero-order valence-corrected chi connectivity index (χ0v) is 16.7. The van der Waals surface area contributed by atoms with E-state index < -0.39 is 11.7 Å². The maximum Gasteiger partial charge on any atom is 0.410 e. The van der Waals surface area contributed by atoms with Crippen LogP contribution in [0.5, 0.6) is 0 Å². The van der Waals surface area contributed by atoms with Crippen molar-refractivity contribution >= 4 is 17.9 Å². The molecular weight excluding hydrogens is 348 g/mol.